The topological polar surface area (TPSA) is 90.0 Å². The van der Waals surface area contributed by atoms with Gasteiger partial charge in [0.1, 0.15) is 0 Å². The number of fused-ring (bicyclic) bond motifs is 1. The molecule has 8 heteroatoms. The van der Waals surface area contributed by atoms with Gasteiger partial charge in [-0.25, -0.2) is 18.0 Å². The Morgan fingerprint density at radius 3 is 2.21 bits per heavy atom. The third-order valence-electron chi connectivity index (χ3n) is 4.46. The lowest BCUT2D eigenvalue weighted by molar-refractivity contribution is -0.133. The molecule has 0 aromatic heterocycles. The van der Waals surface area contributed by atoms with E-state index in [1.54, 1.807) is 24.3 Å². The maximum atomic E-state index is 13.1. The van der Waals surface area contributed by atoms with Crippen molar-refractivity contribution in [3.05, 3.63) is 70.9 Å². The number of hydrogen-bond donors (Lipinski definition) is 0. The number of esters is 2. The Morgan fingerprint density at radius 1 is 0.964 bits per heavy atom. The lowest BCUT2D eigenvalue weighted by Gasteiger charge is -2.28. The first kappa shape index (κ1) is 19.6. The predicted octanol–water partition coefficient (Wildman–Crippen LogP) is 2.50. The van der Waals surface area contributed by atoms with Gasteiger partial charge in [0.25, 0.3) is 10.0 Å². The highest BCUT2D eigenvalue weighted by molar-refractivity contribution is 7.89. The molecule has 1 heterocycles. The number of aryl methyl sites for hydroxylation is 1. The van der Waals surface area contributed by atoms with Crippen LogP contribution in [0.15, 0.2) is 53.6 Å². The van der Waals surface area contributed by atoms with Crippen LogP contribution in [0.2, 0.25) is 0 Å². The van der Waals surface area contributed by atoms with Crippen molar-refractivity contribution in [2.75, 3.05) is 14.2 Å². The summed E-state index contributed by atoms with van der Waals surface area (Å²) in [6.07, 6.45) is 1.20. The molecule has 0 spiro atoms. The Morgan fingerprint density at radius 2 is 1.61 bits per heavy atom. The molecule has 0 atom stereocenters. The van der Waals surface area contributed by atoms with Crippen molar-refractivity contribution in [1.29, 1.82) is 0 Å². The second-order valence-corrected chi connectivity index (χ2v) is 8.12. The average Bonchev–Trinajstić information content (AvgIpc) is 2.71. The molecule has 0 unspecified atom stereocenters. The molecule has 7 nitrogen and oxygen atoms in total. The molecule has 1 aliphatic heterocycles. The Kier molecular flexibility index (Phi) is 5.24. The first-order valence-corrected chi connectivity index (χ1v) is 9.83. The molecule has 2 aromatic rings. The Hall–Kier alpha value is -3.13. The van der Waals surface area contributed by atoms with E-state index in [0.717, 1.165) is 9.87 Å². The average molecular weight is 401 g/mol. The number of rotatable bonds is 4. The smallest absolute Gasteiger partial charge is 0.340 e. The fraction of sp³-hybridized carbons (Fsp3) is 0.200. The number of sulfonamides is 1. The van der Waals surface area contributed by atoms with Gasteiger partial charge >= 0.3 is 11.9 Å². The van der Waals surface area contributed by atoms with E-state index in [9.17, 15) is 18.0 Å². The highest BCUT2D eigenvalue weighted by atomic mass is 32.2. The standard InChI is InChI=1S/C20H19NO6S/c1-13-7-9-15(10-8-13)28(24,25)21-11-14-5-4-6-16(19(22)26-2)18(14)17(12-21)20(23)27-3/h4-10,12H,11H2,1-3H3. The fourth-order valence-electron chi connectivity index (χ4n) is 3.02. The predicted molar refractivity (Wildman–Crippen MR) is 102 cm³/mol. The van der Waals surface area contributed by atoms with E-state index in [1.807, 2.05) is 6.92 Å². The van der Waals surface area contributed by atoms with Crippen molar-refractivity contribution >= 4 is 27.5 Å². The van der Waals surface area contributed by atoms with Gasteiger partial charge in [0.2, 0.25) is 0 Å². The number of hydrogen-bond acceptors (Lipinski definition) is 6. The van der Waals surface area contributed by atoms with E-state index in [2.05, 4.69) is 0 Å². The first-order valence-electron chi connectivity index (χ1n) is 8.39. The zero-order valence-electron chi connectivity index (χ0n) is 15.6. The van der Waals surface area contributed by atoms with Crippen LogP contribution in [0.3, 0.4) is 0 Å². The van der Waals surface area contributed by atoms with Crippen molar-refractivity contribution in [3.63, 3.8) is 0 Å². The van der Waals surface area contributed by atoms with Crippen LogP contribution in [0.25, 0.3) is 5.57 Å². The van der Waals surface area contributed by atoms with Crippen molar-refractivity contribution in [3.8, 4) is 0 Å². The third kappa shape index (κ3) is 3.38. The number of carbonyl (C=O) groups excluding carboxylic acids is 2. The van der Waals surface area contributed by atoms with Gasteiger partial charge in [-0.3, -0.25) is 4.31 Å². The molecule has 0 saturated heterocycles. The molecule has 3 rings (SSSR count). The van der Waals surface area contributed by atoms with Gasteiger partial charge in [-0.05, 0) is 30.7 Å². The van der Waals surface area contributed by atoms with Gasteiger partial charge in [-0.2, -0.15) is 0 Å². The lowest BCUT2D eigenvalue weighted by atomic mass is 9.92. The second-order valence-electron chi connectivity index (χ2n) is 6.23. The van der Waals surface area contributed by atoms with Crippen LogP contribution in [0.5, 0.6) is 0 Å². The van der Waals surface area contributed by atoms with E-state index in [0.29, 0.717) is 11.1 Å². The largest absolute Gasteiger partial charge is 0.465 e. The fourth-order valence-corrected chi connectivity index (χ4v) is 4.32. The van der Waals surface area contributed by atoms with Crippen LogP contribution >= 0.6 is 0 Å². The van der Waals surface area contributed by atoms with Gasteiger partial charge in [-0.15, -0.1) is 0 Å². The molecule has 0 N–H and O–H groups in total. The molecule has 1 aliphatic rings. The van der Waals surface area contributed by atoms with Crippen molar-refractivity contribution < 1.29 is 27.5 Å². The summed E-state index contributed by atoms with van der Waals surface area (Å²) in [6, 6.07) is 11.2. The first-order chi connectivity index (χ1) is 13.3. The molecule has 0 fully saturated rings. The zero-order valence-corrected chi connectivity index (χ0v) is 16.4. The third-order valence-corrected chi connectivity index (χ3v) is 6.18. The molecular weight excluding hydrogens is 382 g/mol. The Bertz CT molecular complexity index is 1070. The molecule has 146 valence electrons. The number of benzene rings is 2. The van der Waals surface area contributed by atoms with Crippen molar-refractivity contribution in [2.45, 2.75) is 18.4 Å². The molecule has 0 saturated carbocycles. The molecule has 0 bridgehead atoms. The minimum atomic E-state index is -3.90. The van der Waals surface area contributed by atoms with Gasteiger partial charge in [-0.1, -0.05) is 29.8 Å². The van der Waals surface area contributed by atoms with Crippen LogP contribution in [0.1, 0.15) is 27.0 Å². The van der Waals surface area contributed by atoms with E-state index in [4.69, 9.17) is 9.47 Å². The van der Waals surface area contributed by atoms with Crippen LogP contribution in [0, 0.1) is 6.92 Å². The summed E-state index contributed by atoms with van der Waals surface area (Å²) in [4.78, 5) is 24.6. The van der Waals surface area contributed by atoms with E-state index < -0.39 is 22.0 Å². The lowest BCUT2D eigenvalue weighted by Crippen LogP contribution is -2.31. The summed E-state index contributed by atoms with van der Waals surface area (Å²) in [5.41, 5.74) is 1.89. The second kappa shape index (κ2) is 7.47. The van der Waals surface area contributed by atoms with Gasteiger partial charge in [0, 0.05) is 11.8 Å². The van der Waals surface area contributed by atoms with Crippen LogP contribution in [-0.4, -0.2) is 38.9 Å². The zero-order chi connectivity index (χ0) is 20.5. The Balaban J connectivity index is 2.16. The summed E-state index contributed by atoms with van der Waals surface area (Å²) < 4.78 is 36.8. The van der Waals surface area contributed by atoms with Crippen LogP contribution in [0.4, 0.5) is 0 Å². The number of methoxy groups -OCH3 is 2. The quantitative estimate of drug-likeness (QED) is 0.732. The maximum Gasteiger partial charge on any atom is 0.340 e. The molecular formula is C20H19NO6S. The monoisotopic (exact) mass is 401 g/mol. The van der Waals surface area contributed by atoms with Gasteiger partial charge in [0.15, 0.2) is 0 Å². The summed E-state index contributed by atoms with van der Waals surface area (Å²) >= 11 is 0. The number of carbonyl (C=O) groups is 2. The highest BCUT2D eigenvalue weighted by Crippen LogP contribution is 2.34. The normalized spacial score (nSPS) is 13.4. The molecule has 2 aromatic carbocycles. The van der Waals surface area contributed by atoms with E-state index in [-0.39, 0.29) is 22.6 Å². The summed E-state index contributed by atoms with van der Waals surface area (Å²) in [7, 11) is -1.47. The van der Waals surface area contributed by atoms with Gasteiger partial charge in [0.05, 0.1) is 36.8 Å². The van der Waals surface area contributed by atoms with Crippen molar-refractivity contribution in [1.82, 2.24) is 4.31 Å². The Labute approximate surface area is 163 Å². The van der Waals surface area contributed by atoms with Crippen molar-refractivity contribution in [2.24, 2.45) is 0 Å². The van der Waals surface area contributed by atoms with E-state index in [1.165, 1.54) is 38.6 Å². The minimum Gasteiger partial charge on any atom is -0.465 e. The molecule has 0 amide bonds. The van der Waals surface area contributed by atoms with E-state index >= 15 is 0 Å². The molecule has 28 heavy (non-hydrogen) atoms. The highest BCUT2D eigenvalue weighted by Gasteiger charge is 2.33. The summed E-state index contributed by atoms with van der Waals surface area (Å²) in [5.74, 6) is -1.37. The summed E-state index contributed by atoms with van der Waals surface area (Å²) in [5, 5.41) is 0. The summed E-state index contributed by atoms with van der Waals surface area (Å²) in [6.45, 7) is 1.83. The van der Waals surface area contributed by atoms with Crippen LogP contribution in [-0.2, 0) is 30.8 Å². The molecule has 0 aliphatic carbocycles. The van der Waals surface area contributed by atoms with Gasteiger partial charge < -0.3 is 9.47 Å². The SMILES string of the molecule is COC(=O)C1=CN(S(=O)(=O)c2ccc(C)cc2)Cc2cccc(C(=O)OC)c21. The number of ether oxygens (including phenoxy) is 2. The van der Waals surface area contributed by atoms with Crippen LogP contribution < -0.4 is 0 Å². The maximum absolute atomic E-state index is 13.1. The molecule has 0 radical (unpaired) electrons. The number of nitrogens with zero attached hydrogens (tertiary/aromatic N) is 1. The minimum absolute atomic E-state index is 0.0274.